The molecule has 0 radical (unpaired) electrons. The molecule has 0 aliphatic heterocycles. The first-order chi connectivity index (χ1) is 8.33. The van der Waals surface area contributed by atoms with Crippen LogP contribution in [-0.4, -0.2) is 20.2 Å². The predicted molar refractivity (Wildman–Crippen MR) is 66.4 cm³/mol. The van der Waals surface area contributed by atoms with Crippen molar-refractivity contribution in [1.29, 1.82) is 0 Å². The number of aromatic amines is 1. The molecule has 3 aromatic rings. The summed E-state index contributed by atoms with van der Waals surface area (Å²) in [6.45, 7) is 0. The number of fused-ring (bicyclic) bond motifs is 1. The van der Waals surface area contributed by atoms with E-state index in [-0.39, 0.29) is 0 Å². The van der Waals surface area contributed by atoms with Crippen LogP contribution in [0, 0.1) is 0 Å². The molecular weight excluding hydrogens is 238 g/mol. The summed E-state index contributed by atoms with van der Waals surface area (Å²) in [6.07, 6.45) is 3.24. The second kappa shape index (κ2) is 4.03. The molecule has 0 bridgehead atoms. The smallest absolute Gasteiger partial charge is 0.180 e. The quantitative estimate of drug-likeness (QED) is 0.729. The highest BCUT2D eigenvalue weighted by atomic mass is 35.5. The fraction of sp³-hybridized carbons (Fsp3) is 0. The van der Waals surface area contributed by atoms with E-state index in [1.54, 1.807) is 12.4 Å². The van der Waals surface area contributed by atoms with Crippen molar-refractivity contribution in [2.24, 2.45) is 0 Å². The fourth-order valence-electron chi connectivity index (χ4n) is 1.55. The third kappa shape index (κ3) is 1.92. The largest absolute Gasteiger partial charge is 0.337 e. The first kappa shape index (κ1) is 10.0. The van der Waals surface area contributed by atoms with Gasteiger partial charge in [0.25, 0.3) is 0 Å². The third-order valence-electron chi connectivity index (χ3n) is 2.28. The van der Waals surface area contributed by atoms with Gasteiger partial charge in [-0.3, -0.25) is 5.10 Å². The average molecular weight is 246 g/mol. The summed E-state index contributed by atoms with van der Waals surface area (Å²) in [5, 5.41) is 10.7. The van der Waals surface area contributed by atoms with E-state index in [2.05, 4.69) is 25.5 Å². The highest BCUT2D eigenvalue weighted by Gasteiger charge is 2.07. The maximum Gasteiger partial charge on any atom is 0.180 e. The van der Waals surface area contributed by atoms with Gasteiger partial charge in [-0.25, -0.2) is 9.97 Å². The molecule has 0 unspecified atom stereocenters. The number of aromatic nitrogens is 4. The van der Waals surface area contributed by atoms with E-state index < -0.39 is 0 Å². The molecule has 84 valence electrons. The van der Waals surface area contributed by atoms with Gasteiger partial charge in [0, 0.05) is 23.1 Å². The predicted octanol–water partition coefficient (Wildman–Crippen LogP) is 2.75. The molecule has 2 heterocycles. The molecule has 0 aliphatic carbocycles. The van der Waals surface area contributed by atoms with E-state index >= 15 is 0 Å². The zero-order valence-corrected chi connectivity index (χ0v) is 9.44. The van der Waals surface area contributed by atoms with E-state index in [1.165, 1.54) is 0 Å². The lowest BCUT2D eigenvalue weighted by atomic mass is 10.3. The Balaban J connectivity index is 2.00. The first-order valence-corrected chi connectivity index (χ1v) is 5.38. The molecule has 0 fully saturated rings. The SMILES string of the molecule is Clc1cccc(Nc2n[nH]c3nccnc23)c1. The summed E-state index contributed by atoms with van der Waals surface area (Å²) in [5.74, 6) is 0.635. The monoisotopic (exact) mass is 245 g/mol. The zero-order valence-electron chi connectivity index (χ0n) is 8.68. The van der Waals surface area contributed by atoms with Gasteiger partial charge in [0.15, 0.2) is 17.0 Å². The Hall–Kier alpha value is -2.14. The van der Waals surface area contributed by atoms with Crippen molar-refractivity contribution in [1.82, 2.24) is 20.2 Å². The Bertz CT molecular complexity index is 664. The van der Waals surface area contributed by atoms with Gasteiger partial charge in [-0.1, -0.05) is 17.7 Å². The number of halogens is 1. The Morgan fingerprint density at radius 3 is 2.94 bits per heavy atom. The summed E-state index contributed by atoms with van der Waals surface area (Å²) < 4.78 is 0. The molecule has 0 spiro atoms. The van der Waals surface area contributed by atoms with Crippen LogP contribution in [0.5, 0.6) is 0 Å². The van der Waals surface area contributed by atoms with Crippen molar-refractivity contribution in [2.45, 2.75) is 0 Å². The average Bonchev–Trinajstić information content (AvgIpc) is 2.73. The summed E-state index contributed by atoms with van der Waals surface area (Å²) >= 11 is 5.91. The van der Waals surface area contributed by atoms with Gasteiger partial charge < -0.3 is 5.32 Å². The van der Waals surface area contributed by atoms with Crippen molar-refractivity contribution < 1.29 is 0 Å². The molecule has 2 N–H and O–H groups in total. The maximum atomic E-state index is 5.91. The molecule has 17 heavy (non-hydrogen) atoms. The topological polar surface area (TPSA) is 66.5 Å². The van der Waals surface area contributed by atoms with Crippen LogP contribution in [0.15, 0.2) is 36.7 Å². The number of anilines is 2. The summed E-state index contributed by atoms with van der Waals surface area (Å²) in [7, 11) is 0. The normalized spacial score (nSPS) is 10.6. The van der Waals surface area contributed by atoms with Gasteiger partial charge in [-0.2, -0.15) is 5.10 Å². The van der Waals surface area contributed by atoms with Crippen LogP contribution in [0.3, 0.4) is 0 Å². The van der Waals surface area contributed by atoms with Crippen LogP contribution in [0.25, 0.3) is 11.2 Å². The van der Waals surface area contributed by atoms with E-state index in [1.807, 2.05) is 24.3 Å². The number of hydrogen-bond acceptors (Lipinski definition) is 4. The van der Waals surface area contributed by atoms with Gasteiger partial charge in [0.2, 0.25) is 0 Å². The number of rotatable bonds is 2. The highest BCUT2D eigenvalue weighted by molar-refractivity contribution is 6.30. The number of nitrogens with one attached hydrogen (secondary N) is 2. The molecule has 0 atom stereocenters. The Labute approximate surface area is 102 Å². The van der Waals surface area contributed by atoms with Crippen LogP contribution in [0.1, 0.15) is 0 Å². The number of H-pyrrole nitrogens is 1. The molecule has 0 saturated heterocycles. The fourth-order valence-corrected chi connectivity index (χ4v) is 1.74. The van der Waals surface area contributed by atoms with Crippen LogP contribution >= 0.6 is 11.6 Å². The van der Waals surface area contributed by atoms with E-state index in [4.69, 9.17) is 11.6 Å². The molecule has 5 nitrogen and oxygen atoms in total. The minimum absolute atomic E-state index is 0.635. The summed E-state index contributed by atoms with van der Waals surface area (Å²) in [4.78, 5) is 8.32. The summed E-state index contributed by atoms with van der Waals surface area (Å²) in [5.41, 5.74) is 2.21. The Morgan fingerprint density at radius 2 is 2.06 bits per heavy atom. The minimum atomic E-state index is 0.635. The third-order valence-corrected chi connectivity index (χ3v) is 2.52. The van der Waals surface area contributed by atoms with Crippen molar-refractivity contribution in [3.63, 3.8) is 0 Å². The van der Waals surface area contributed by atoms with Gasteiger partial charge >= 0.3 is 0 Å². The molecule has 0 amide bonds. The first-order valence-electron chi connectivity index (χ1n) is 5.00. The highest BCUT2D eigenvalue weighted by Crippen LogP contribution is 2.22. The van der Waals surface area contributed by atoms with Crippen molar-refractivity contribution in [3.05, 3.63) is 41.7 Å². The molecule has 2 aromatic heterocycles. The minimum Gasteiger partial charge on any atom is -0.337 e. The van der Waals surface area contributed by atoms with Crippen LogP contribution in [-0.2, 0) is 0 Å². The number of benzene rings is 1. The van der Waals surface area contributed by atoms with Crippen molar-refractivity contribution in [3.8, 4) is 0 Å². The molecular formula is C11H8ClN5. The molecule has 6 heteroatoms. The van der Waals surface area contributed by atoms with Gasteiger partial charge in [0.1, 0.15) is 0 Å². The second-order valence-electron chi connectivity index (χ2n) is 3.46. The van der Waals surface area contributed by atoms with Gasteiger partial charge in [0.05, 0.1) is 0 Å². The van der Waals surface area contributed by atoms with Gasteiger partial charge in [-0.15, -0.1) is 0 Å². The van der Waals surface area contributed by atoms with Crippen LogP contribution in [0.4, 0.5) is 11.5 Å². The Kier molecular flexibility index (Phi) is 2.38. The Morgan fingerprint density at radius 1 is 1.18 bits per heavy atom. The lowest BCUT2D eigenvalue weighted by Gasteiger charge is -2.02. The molecule has 3 rings (SSSR count). The lowest BCUT2D eigenvalue weighted by Crippen LogP contribution is -1.91. The number of nitrogens with zero attached hydrogens (tertiary/aromatic N) is 3. The van der Waals surface area contributed by atoms with E-state index in [9.17, 15) is 0 Å². The van der Waals surface area contributed by atoms with E-state index in [0.29, 0.717) is 22.0 Å². The second-order valence-corrected chi connectivity index (χ2v) is 3.90. The van der Waals surface area contributed by atoms with Crippen molar-refractivity contribution >= 4 is 34.3 Å². The van der Waals surface area contributed by atoms with Gasteiger partial charge in [-0.05, 0) is 18.2 Å². The zero-order chi connectivity index (χ0) is 11.7. The number of hydrogen-bond donors (Lipinski definition) is 2. The molecule has 0 aliphatic rings. The van der Waals surface area contributed by atoms with E-state index in [0.717, 1.165) is 5.69 Å². The molecule has 0 saturated carbocycles. The van der Waals surface area contributed by atoms with Crippen LogP contribution < -0.4 is 5.32 Å². The standard InChI is InChI=1S/C11H8ClN5/c12-7-2-1-3-8(6-7)15-11-9-10(16-17-11)14-5-4-13-9/h1-6H,(H2,14,15,16,17). The van der Waals surface area contributed by atoms with Crippen molar-refractivity contribution in [2.75, 3.05) is 5.32 Å². The maximum absolute atomic E-state index is 5.91. The van der Waals surface area contributed by atoms with Crippen LogP contribution in [0.2, 0.25) is 5.02 Å². The lowest BCUT2D eigenvalue weighted by molar-refractivity contribution is 1.10. The molecule has 1 aromatic carbocycles. The summed E-state index contributed by atoms with van der Waals surface area (Å²) in [6, 6.07) is 7.40.